The third-order valence-electron chi connectivity index (χ3n) is 5.67. The van der Waals surface area contributed by atoms with Crippen molar-refractivity contribution in [1.82, 2.24) is 10.2 Å². The summed E-state index contributed by atoms with van der Waals surface area (Å²) in [7, 11) is 0. The lowest BCUT2D eigenvalue weighted by Crippen LogP contribution is -2.58. The third kappa shape index (κ3) is 4.48. The van der Waals surface area contributed by atoms with Crippen LogP contribution in [0.25, 0.3) is 0 Å². The fraction of sp³-hybridized carbons (Fsp3) is 0.650. The molecule has 0 atom stereocenters. The maximum absolute atomic E-state index is 5.56. The van der Waals surface area contributed by atoms with Crippen molar-refractivity contribution in [2.45, 2.75) is 63.8 Å². The molecular weight excluding hydrogens is 314 g/mol. The number of piperidine rings is 1. The number of rotatable bonds is 4. The molecule has 0 aromatic heterocycles. The highest BCUT2D eigenvalue weighted by Crippen LogP contribution is 2.35. The molecule has 3 nitrogen and oxygen atoms in total. The Kier molecular flexibility index (Phi) is 6.12. The summed E-state index contributed by atoms with van der Waals surface area (Å²) in [5, 5.41) is 7.63. The number of hydrogen-bond acceptors (Lipinski definition) is 2. The van der Waals surface area contributed by atoms with Gasteiger partial charge in [0.1, 0.15) is 0 Å². The first-order valence-corrected chi connectivity index (χ1v) is 9.95. The van der Waals surface area contributed by atoms with Gasteiger partial charge in [-0.05, 0) is 75.6 Å². The minimum absolute atomic E-state index is 0.316. The topological polar surface area (TPSA) is 27.3 Å². The zero-order valence-electron chi connectivity index (χ0n) is 14.9. The second-order valence-corrected chi connectivity index (χ2v) is 7.92. The van der Waals surface area contributed by atoms with E-state index in [0.717, 1.165) is 17.3 Å². The molecule has 1 aliphatic heterocycles. The van der Waals surface area contributed by atoms with E-state index in [1.165, 1.54) is 70.0 Å². The van der Waals surface area contributed by atoms with Gasteiger partial charge < -0.3 is 10.6 Å². The summed E-state index contributed by atoms with van der Waals surface area (Å²) >= 11 is 5.56. The molecule has 2 aliphatic rings. The summed E-state index contributed by atoms with van der Waals surface area (Å²) < 4.78 is 0. The largest absolute Gasteiger partial charge is 0.361 e. The zero-order valence-corrected chi connectivity index (χ0v) is 15.8. The quantitative estimate of drug-likeness (QED) is 0.787. The van der Waals surface area contributed by atoms with Gasteiger partial charge in [-0.25, -0.2) is 0 Å². The first-order chi connectivity index (χ1) is 11.7. The molecule has 132 valence electrons. The predicted molar refractivity (Wildman–Crippen MR) is 107 cm³/mol. The number of likely N-dealkylation sites (tertiary alicyclic amines) is 1. The molecule has 1 heterocycles. The number of hydrogen-bond donors (Lipinski definition) is 2. The van der Waals surface area contributed by atoms with Gasteiger partial charge in [-0.3, -0.25) is 4.90 Å². The predicted octanol–water partition coefficient (Wildman–Crippen LogP) is 4.47. The summed E-state index contributed by atoms with van der Waals surface area (Å²) in [6, 6.07) is 8.38. The Labute approximate surface area is 152 Å². The van der Waals surface area contributed by atoms with Gasteiger partial charge in [0, 0.05) is 17.8 Å². The van der Waals surface area contributed by atoms with Crippen molar-refractivity contribution in [3.8, 4) is 0 Å². The molecule has 0 spiro atoms. The Morgan fingerprint density at radius 2 is 1.79 bits per heavy atom. The SMILES string of the molecule is Cc1cccc(NC(=S)NCC2(N3CCCCC3)CCCCC2)c1. The van der Waals surface area contributed by atoms with Crippen LogP contribution in [-0.2, 0) is 0 Å². The molecule has 24 heavy (non-hydrogen) atoms. The van der Waals surface area contributed by atoms with Crippen molar-refractivity contribution in [3.05, 3.63) is 29.8 Å². The molecule has 1 aromatic carbocycles. The average molecular weight is 346 g/mol. The van der Waals surface area contributed by atoms with Crippen LogP contribution in [-0.4, -0.2) is 35.2 Å². The van der Waals surface area contributed by atoms with Crippen LogP contribution in [0.5, 0.6) is 0 Å². The minimum Gasteiger partial charge on any atom is -0.361 e. The van der Waals surface area contributed by atoms with E-state index in [0.29, 0.717) is 5.54 Å². The van der Waals surface area contributed by atoms with Gasteiger partial charge in [-0.2, -0.15) is 0 Å². The van der Waals surface area contributed by atoms with Crippen LogP contribution in [0.4, 0.5) is 5.69 Å². The Hall–Kier alpha value is -1.13. The lowest BCUT2D eigenvalue weighted by atomic mass is 9.79. The monoisotopic (exact) mass is 345 g/mol. The maximum Gasteiger partial charge on any atom is 0.170 e. The van der Waals surface area contributed by atoms with Crippen molar-refractivity contribution < 1.29 is 0 Å². The Balaban J connectivity index is 1.59. The highest BCUT2D eigenvalue weighted by Gasteiger charge is 2.38. The number of nitrogens with zero attached hydrogens (tertiary/aromatic N) is 1. The molecule has 2 fully saturated rings. The van der Waals surface area contributed by atoms with Crippen molar-refractivity contribution in [2.75, 3.05) is 25.0 Å². The lowest BCUT2D eigenvalue weighted by molar-refractivity contribution is 0.0371. The molecule has 1 aromatic rings. The minimum atomic E-state index is 0.316. The number of benzene rings is 1. The van der Waals surface area contributed by atoms with Gasteiger partial charge in [0.25, 0.3) is 0 Å². The summed E-state index contributed by atoms with van der Waals surface area (Å²) in [5.74, 6) is 0. The summed E-state index contributed by atoms with van der Waals surface area (Å²) in [5.41, 5.74) is 2.64. The smallest absolute Gasteiger partial charge is 0.170 e. The summed E-state index contributed by atoms with van der Waals surface area (Å²) in [4.78, 5) is 2.76. The van der Waals surface area contributed by atoms with E-state index in [2.05, 4.69) is 46.7 Å². The second kappa shape index (κ2) is 8.30. The first kappa shape index (κ1) is 17.7. The van der Waals surface area contributed by atoms with Crippen LogP contribution in [0.1, 0.15) is 56.9 Å². The van der Waals surface area contributed by atoms with Crippen LogP contribution in [0.3, 0.4) is 0 Å². The van der Waals surface area contributed by atoms with Crippen molar-refractivity contribution >= 4 is 23.0 Å². The molecule has 4 heteroatoms. The van der Waals surface area contributed by atoms with Gasteiger partial charge in [0.2, 0.25) is 0 Å². The average Bonchev–Trinajstić information content (AvgIpc) is 2.62. The number of thiocarbonyl (C=S) groups is 1. The molecule has 1 saturated heterocycles. The highest BCUT2D eigenvalue weighted by atomic mass is 32.1. The summed E-state index contributed by atoms with van der Waals surface area (Å²) in [6.07, 6.45) is 10.8. The zero-order chi connectivity index (χ0) is 16.8. The third-order valence-corrected chi connectivity index (χ3v) is 5.91. The highest BCUT2D eigenvalue weighted by molar-refractivity contribution is 7.80. The standard InChI is InChI=1S/C20H31N3S/c1-17-9-8-10-18(15-17)22-19(24)21-16-20(11-4-2-5-12-20)23-13-6-3-7-14-23/h8-10,15H,2-7,11-14,16H2,1H3,(H2,21,22,24). The van der Waals surface area contributed by atoms with Gasteiger partial charge >= 0.3 is 0 Å². The van der Waals surface area contributed by atoms with E-state index >= 15 is 0 Å². The molecule has 3 rings (SSSR count). The molecule has 0 radical (unpaired) electrons. The lowest BCUT2D eigenvalue weighted by Gasteiger charge is -2.48. The summed E-state index contributed by atoms with van der Waals surface area (Å²) in [6.45, 7) is 5.61. The molecule has 1 saturated carbocycles. The van der Waals surface area contributed by atoms with Crippen molar-refractivity contribution in [3.63, 3.8) is 0 Å². The molecule has 0 amide bonds. The van der Waals surface area contributed by atoms with E-state index in [1.807, 2.05) is 0 Å². The molecule has 0 unspecified atom stereocenters. The van der Waals surface area contributed by atoms with Gasteiger partial charge in [0.15, 0.2) is 5.11 Å². The number of nitrogens with one attached hydrogen (secondary N) is 2. The second-order valence-electron chi connectivity index (χ2n) is 7.51. The van der Waals surface area contributed by atoms with Gasteiger partial charge in [-0.15, -0.1) is 0 Å². The van der Waals surface area contributed by atoms with E-state index < -0.39 is 0 Å². The Morgan fingerprint density at radius 3 is 2.50 bits per heavy atom. The number of aryl methyl sites for hydroxylation is 1. The van der Waals surface area contributed by atoms with E-state index in [-0.39, 0.29) is 0 Å². The van der Waals surface area contributed by atoms with E-state index in [4.69, 9.17) is 12.2 Å². The van der Waals surface area contributed by atoms with Crippen molar-refractivity contribution in [2.24, 2.45) is 0 Å². The normalized spacial score (nSPS) is 21.2. The molecular formula is C20H31N3S. The number of anilines is 1. The fourth-order valence-corrected chi connectivity index (χ4v) is 4.52. The molecule has 0 bridgehead atoms. The maximum atomic E-state index is 5.56. The Bertz CT molecular complexity index is 546. The van der Waals surface area contributed by atoms with Crippen molar-refractivity contribution in [1.29, 1.82) is 0 Å². The van der Waals surface area contributed by atoms with Crippen LogP contribution in [0.15, 0.2) is 24.3 Å². The fourth-order valence-electron chi connectivity index (χ4n) is 4.33. The van der Waals surface area contributed by atoms with Crippen LogP contribution in [0.2, 0.25) is 0 Å². The molecule has 2 N–H and O–H groups in total. The van der Waals surface area contributed by atoms with E-state index in [9.17, 15) is 0 Å². The van der Waals surface area contributed by atoms with Gasteiger partial charge in [0.05, 0.1) is 0 Å². The van der Waals surface area contributed by atoms with E-state index in [1.54, 1.807) is 0 Å². The van der Waals surface area contributed by atoms with Crippen LogP contribution < -0.4 is 10.6 Å². The van der Waals surface area contributed by atoms with Crippen LogP contribution in [0, 0.1) is 6.92 Å². The van der Waals surface area contributed by atoms with Gasteiger partial charge in [-0.1, -0.05) is 37.8 Å². The molecule has 1 aliphatic carbocycles. The van der Waals surface area contributed by atoms with Crippen LogP contribution >= 0.6 is 12.2 Å². The first-order valence-electron chi connectivity index (χ1n) is 9.55. The Morgan fingerprint density at radius 1 is 1.08 bits per heavy atom.